The van der Waals surface area contributed by atoms with Crippen molar-refractivity contribution in [2.24, 2.45) is 5.41 Å². The lowest BCUT2D eigenvalue weighted by Gasteiger charge is -2.31. The van der Waals surface area contributed by atoms with Gasteiger partial charge < -0.3 is 20.5 Å². The fourth-order valence-electron chi connectivity index (χ4n) is 3.21. The second-order valence-corrected chi connectivity index (χ2v) is 8.05. The number of hydrogen-bond acceptors (Lipinski definition) is 4. The molecule has 3 N–H and O–H groups in total. The summed E-state index contributed by atoms with van der Waals surface area (Å²) in [4.78, 5) is 11.8. The first-order valence-electron chi connectivity index (χ1n) is 8.66. The minimum Gasteiger partial charge on any atom is -0.444 e. The zero-order valence-corrected chi connectivity index (χ0v) is 14.3. The average Bonchev–Trinajstić information content (AvgIpc) is 3.16. The molecule has 0 aliphatic heterocycles. The van der Waals surface area contributed by atoms with Gasteiger partial charge in [-0.3, -0.25) is 0 Å². The molecular weight excluding hydrogens is 280 g/mol. The molecule has 2 rings (SSSR count). The van der Waals surface area contributed by atoms with Crippen molar-refractivity contribution in [2.75, 3.05) is 13.2 Å². The Kier molecular flexibility index (Phi) is 5.72. The Morgan fingerprint density at radius 1 is 1.18 bits per heavy atom. The fraction of sp³-hybridized carbons (Fsp3) is 0.941. The molecule has 2 saturated carbocycles. The second kappa shape index (κ2) is 7.18. The van der Waals surface area contributed by atoms with E-state index in [4.69, 9.17) is 9.84 Å². The predicted molar refractivity (Wildman–Crippen MR) is 86.8 cm³/mol. The van der Waals surface area contributed by atoms with E-state index >= 15 is 0 Å². The van der Waals surface area contributed by atoms with Crippen molar-refractivity contribution in [2.45, 2.75) is 83.4 Å². The van der Waals surface area contributed by atoms with E-state index in [1.165, 1.54) is 12.8 Å². The summed E-state index contributed by atoms with van der Waals surface area (Å²) in [5, 5.41) is 15.7. The Morgan fingerprint density at radius 2 is 1.77 bits per heavy atom. The van der Waals surface area contributed by atoms with Crippen LogP contribution in [0.15, 0.2) is 0 Å². The van der Waals surface area contributed by atoms with Crippen molar-refractivity contribution in [1.29, 1.82) is 0 Å². The summed E-state index contributed by atoms with van der Waals surface area (Å²) in [5.41, 5.74) is -0.0610. The van der Waals surface area contributed by atoms with Gasteiger partial charge in [0.1, 0.15) is 5.60 Å². The molecule has 22 heavy (non-hydrogen) atoms. The number of alkyl carbamates (subject to hydrolysis) is 1. The van der Waals surface area contributed by atoms with E-state index in [0.717, 1.165) is 38.6 Å². The van der Waals surface area contributed by atoms with Crippen LogP contribution in [0, 0.1) is 5.41 Å². The van der Waals surface area contributed by atoms with E-state index in [-0.39, 0.29) is 12.1 Å². The van der Waals surface area contributed by atoms with Crippen LogP contribution in [-0.2, 0) is 4.74 Å². The van der Waals surface area contributed by atoms with E-state index in [1.807, 2.05) is 20.8 Å². The molecule has 0 spiro atoms. The summed E-state index contributed by atoms with van der Waals surface area (Å²) < 4.78 is 5.31. The fourth-order valence-corrected chi connectivity index (χ4v) is 3.21. The van der Waals surface area contributed by atoms with Crippen molar-refractivity contribution in [3.63, 3.8) is 0 Å². The van der Waals surface area contributed by atoms with Crippen LogP contribution < -0.4 is 10.6 Å². The maximum absolute atomic E-state index is 11.8. The molecule has 0 heterocycles. The number of carbonyl (C=O) groups is 1. The molecular formula is C17H32N2O3. The summed E-state index contributed by atoms with van der Waals surface area (Å²) in [5.74, 6) is 0. The maximum atomic E-state index is 11.8. The second-order valence-electron chi connectivity index (χ2n) is 8.05. The van der Waals surface area contributed by atoms with Crippen LogP contribution in [-0.4, -0.2) is 42.0 Å². The van der Waals surface area contributed by atoms with E-state index in [1.54, 1.807) is 0 Å². The molecule has 1 amide bonds. The Labute approximate surface area is 134 Å². The SMILES string of the molecule is CC(C)(C)OC(=O)NC1CCC(NCC2(CCO)CC2)CC1. The molecule has 0 bridgehead atoms. The lowest BCUT2D eigenvalue weighted by Crippen LogP contribution is -2.44. The van der Waals surface area contributed by atoms with Crippen molar-refractivity contribution in [3.8, 4) is 0 Å². The zero-order chi connectivity index (χ0) is 16.2. The van der Waals surface area contributed by atoms with Gasteiger partial charge in [0.2, 0.25) is 0 Å². The van der Waals surface area contributed by atoms with Crippen LogP contribution in [0.2, 0.25) is 0 Å². The number of rotatable bonds is 6. The van der Waals surface area contributed by atoms with Crippen LogP contribution in [0.1, 0.15) is 65.7 Å². The highest BCUT2D eigenvalue weighted by Crippen LogP contribution is 2.48. The molecule has 5 nitrogen and oxygen atoms in total. The quantitative estimate of drug-likeness (QED) is 0.705. The van der Waals surface area contributed by atoms with Crippen LogP contribution in [0.4, 0.5) is 4.79 Å². The van der Waals surface area contributed by atoms with E-state index in [0.29, 0.717) is 18.1 Å². The van der Waals surface area contributed by atoms with Gasteiger partial charge in [0.15, 0.2) is 0 Å². The van der Waals surface area contributed by atoms with Crippen LogP contribution in [0.25, 0.3) is 0 Å². The summed E-state index contributed by atoms with van der Waals surface area (Å²) in [7, 11) is 0. The molecule has 0 aromatic rings. The van der Waals surface area contributed by atoms with Gasteiger partial charge in [-0.15, -0.1) is 0 Å². The summed E-state index contributed by atoms with van der Waals surface area (Å²) in [6.45, 7) is 6.98. The van der Waals surface area contributed by atoms with E-state index < -0.39 is 5.60 Å². The third-order valence-corrected chi connectivity index (χ3v) is 4.81. The molecule has 2 aliphatic carbocycles. The first-order valence-corrected chi connectivity index (χ1v) is 8.66. The van der Waals surface area contributed by atoms with E-state index in [9.17, 15) is 4.79 Å². The number of hydrogen-bond donors (Lipinski definition) is 3. The van der Waals surface area contributed by atoms with Gasteiger partial charge in [0.05, 0.1) is 0 Å². The highest BCUT2D eigenvalue weighted by molar-refractivity contribution is 5.68. The third-order valence-electron chi connectivity index (χ3n) is 4.81. The van der Waals surface area contributed by atoms with Crippen LogP contribution in [0.3, 0.4) is 0 Å². The van der Waals surface area contributed by atoms with Gasteiger partial charge in [-0.25, -0.2) is 4.79 Å². The molecule has 0 unspecified atom stereocenters. The minimum atomic E-state index is -0.436. The summed E-state index contributed by atoms with van der Waals surface area (Å²) >= 11 is 0. The van der Waals surface area contributed by atoms with Crippen molar-refractivity contribution in [3.05, 3.63) is 0 Å². The number of nitrogens with one attached hydrogen (secondary N) is 2. The third kappa shape index (κ3) is 5.76. The van der Waals surface area contributed by atoms with Crippen LogP contribution in [0.5, 0.6) is 0 Å². The Bertz CT molecular complexity index is 367. The number of amides is 1. The van der Waals surface area contributed by atoms with Crippen LogP contribution >= 0.6 is 0 Å². The summed E-state index contributed by atoms with van der Waals surface area (Å²) in [6, 6.07) is 0.785. The minimum absolute atomic E-state index is 0.236. The first-order chi connectivity index (χ1) is 10.3. The first kappa shape index (κ1) is 17.5. The van der Waals surface area contributed by atoms with Gasteiger partial charge in [-0.05, 0) is 71.1 Å². The number of aliphatic hydroxyl groups excluding tert-OH is 1. The van der Waals surface area contributed by atoms with Gasteiger partial charge in [-0.1, -0.05) is 0 Å². The number of carbonyl (C=O) groups excluding carboxylic acids is 1. The molecule has 0 aromatic carbocycles. The molecule has 0 atom stereocenters. The molecule has 0 saturated heterocycles. The smallest absolute Gasteiger partial charge is 0.407 e. The molecule has 5 heteroatoms. The highest BCUT2D eigenvalue weighted by Gasteiger charge is 2.41. The number of aliphatic hydroxyl groups is 1. The normalized spacial score (nSPS) is 27.3. The van der Waals surface area contributed by atoms with Gasteiger partial charge in [0.25, 0.3) is 0 Å². The summed E-state index contributed by atoms with van der Waals surface area (Å²) in [6.07, 6.45) is 7.31. The predicted octanol–water partition coefficient (Wildman–Crippen LogP) is 2.57. The van der Waals surface area contributed by atoms with Gasteiger partial charge >= 0.3 is 6.09 Å². The lowest BCUT2D eigenvalue weighted by atomic mass is 9.90. The zero-order valence-electron chi connectivity index (χ0n) is 14.3. The van der Waals surface area contributed by atoms with Crippen molar-refractivity contribution in [1.82, 2.24) is 10.6 Å². The van der Waals surface area contributed by atoms with Gasteiger partial charge in [-0.2, -0.15) is 0 Å². The maximum Gasteiger partial charge on any atom is 0.407 e. The Balaban J connectivity index is 1.62. The Morgan fingerprint density at radius 3 is 2.27 bits per heavy atom. The largest absolute Gasteiger partial charge is 0.444 e. The lowest BCUT2D eigenvalue weighted by molar-refractivity contribution is 0.0489. The topological polar surface area (TPSA) is 70.6 Å². The van der Waals surface area contributed by atoms with Gasteiger partial charge in [0, 0.05) is 25.2 Å². The molecule has 0 aromatic heterocycles. The van der Waals surface area contributed by atoms with Crippen molar-refractivity contribution >= 4 is 6.09 Å². The molecule has 128 valence electrons. The molecule has 2 aliphatic rings. The Hall–Kier alpha value is -0.810. The van der Waals surface area contributed by atoms with E-state index in [2.05, 4.69) is 10.6 Å². The average molecular weight is 312 g/mol. The monoisotopic (exact) mass is 312 g/mol. The molecule has 2 fully saturated rings. The standard InChI is InChI=1S/C17H32N2O3/c1-16(2,3)22-15(21)19-14-6-4-13(5-7-14)18-12-17(8-9-17)10-11-20/h13-14,18,20H,4-12H2,1-3H3,(H,19,21). The van der Waals surface area contributed by atoms with Crippen molar-refractivity contribution < 1.29 is 14.6 Å². The number of ether oxygens (including phenoxy) is 1. The highest BCUT2D eigenvalue weighted by atomic mass is 16.6. The molecule has 0 radical (unpaired) electrons.